The fraction of sp³-hybridized carbons (Fsp3) is 0.182. The molecule has 5 nitrogen and oxygen atoms in total. The van der Waals surface area contributed by atoms with Crippen molar-refractivity contribution in [3.8, 4) is 0 Å². The highest BCUT2D eigenvalue weighted by molar-refractivity contribution is 6.35. The van der Waals surface area contributed by atoms with Gasteiger partial charge in [-0.2, -0.15) is 0 Å². The van der Waals surface area contributed by atoms with Gasteiger partial charge in [0.05, 0.1) is 6.10 Å². The number of aliphatic hydroxyl groups is 1. The molecule has 0 bridgehead atoms. The molecule has 0 radical (unpaired) electrons. The van der Waals surface area contributed by atoms with Crippen molar-refractivity contribution in [2.24, 2.45) is 0 Å². The van der Waals surface area contributed by atoms with Crippen LogP contribution in [-0.2, 0) is 16.1 Å². The number of halogens is 1. The summed E-state index contributed by atoms with van der Waals surface area (Å²) < 4.78 is 0. The van der Waals surface area contributed by atoms with Crippen LogP contribution in [0.5, 0.6) is 0 Å². The number of rotatable bonds is 6. The third-order valence-corrected chi connectivity index (χ3v) is 4.86. The van der Waals surface area contributed by atoms with Gasteiger partial charge in [0.1, 0.15) is 0 Å². The first kappa shape index (κ1) is 19.9. The molecule has 3 rings (SSSR count). The Morgan fingerprint density at radius 1 is 0.893 bits per heavy atom. The molecule has 0 aromatic heterocycles. The molecule has 0 spiro atoms. The van der Waals surface area contributed by atoms with E-state index in [0.717, 1.165) is 21.9 Å². The molecule has 144 valence electrons. The molecule has 0 saturated heterocycles. The summed E-state index contributed by atoms with van der Waals surface area (Å²) in [6.07, 6.45) is -0.435. The summed E-state index contributed by atoms with van der Waals surface area (Å²) >= 11 is 6.03. The van der Waals surface area contributed by atoms with Crippen LogP contribution in [-0.4, -0.2) is 23.5 Å². The largest absolute Gasteiger partial charge is 0.388 e. The summed E-state index contributed by atoms with van der Waals surface area (Å²) in [6, 6.07) is 20.6. The number of carbonyl (C=O) groups is 2. The van der Waals surface area contributed by atoms with Crippen molar-refractivity contribution >= 4 is 34.2 Å². The molecule has 2 amide bonds. The maximum absolute atomic E-state index is 11.9. The highest BCUT2D eigenvalue weighted by atomic mass is 35.5. The summed E-state index contributed by atoms with van der Waals surface area (Å²) in [6.45, 7) is 0.354. The molecule has 0 aliphatic rings. The van der Waals surface area contributed by atoms with Gasteiger partial charge in [0.15, 0.2) is 0 Å². The molecule has 1 unspecified atom stereocenters. The molecule has 28 heavy (non-hydrogen) atoms. The van der Waals surface area contributed by atoms with Gasteiger partial charge in [0.2, 0.25) is 0 Å². The van der Waals surface area contributed by atoms with Gasteiger partial charge in [0.25, 0.3) is 0 Å². The lowest BCUT2D eigenvalue weighted by Crippen LogP contribution is -2.40. The number of carbonyl (C=O) groups excluding carboxylic acids is 2. The Morgan fingerprint density at radius 2 is 1.57 bits per heavy atom. The number of fused-ring (bicyclic) bond motifs is 1. The molecule has 3 N–H and O–H groups in total. The zero-order valence-corrected chi connectivity index (χ0v) is 15.9. The zero-order valence-electron chi connectivity index (χ0n) is 15.2. The molecule has 0 aliphatic carbocycles. The third-order valence-electron chi connectivity index (χ3n) is 4.49. The van der Waals surface area contributed by atoms with E-state index in [1.807, 2.05) is 48.5 Å². The van der Waals surface area contributed by atoms with Crippen LogP contribution in [0, 0.1) is 0 Å². The van der Waals surface area contributed by atoms with E-state index in [9.17, 15) is 14.7 Å². The van der Waals surface area contributed by atoms with E-state index in [0.29, 0.717) is 11.4 Å². The number of amides is 2. The predicted molar refractivity (Wildman–Crippen MR) is 110 cm³/mol. The first-order valence-electron chi connectivity index (χ1n) is 9.01. The van der Waals surface area contributed by atoms with Gasteiger partial charge in [-0.3, -0.25) is 9.59 Å². The van der Waals surface area contributed by atoms with Crippen LogP contribution in [0.15, 0.2) is 66.7 Å². The Bertz CT molecular complexity index is 985. The molecule has 0 aliphatic heterocycles. The van der Waals surface area contributed by atoms with E-state index in [1.165, 1.54) is 0 Å². The Morgan fingerprint density at radius 3 is 2.39 bits per heavy atom. The van der Waals surface area contributed by atoms with Crippen molar-refractivity contribution < 1.29 is 14.7 Å². The highest BCUT2D eigenvalue weighted by Crippen LogP contribution is 2.25. The Labute approximate surface area is 168 Å². The Hall–Kier alpha value is -2.89. The van der Waals surface area contributed by atoms with Gasteiger partial charge in [-0.25, -0.2) is 0 Å². The number of nitrogens with one attached hydrogen (secondary N) is 2. The number of hydrogen-bond acceptors (Lipinski definition) is 3. The average molecular weight is 397 g/mol. The molecule has 3 aromatic rings. The van der Waals surface area contributed by atoms with Crippen molar-refractivity contribution in [1.29, 1.82) is 0 Å². The van der Waals surface area contributed by atoms with Crippen molar-refractivity contribution in [2.75, 3.05) is 6.54 Å². The summed E-state index contributed by atoms with van der Waals surface area (Å²) in [4.78, 5) is 23.9. The minimum Gasteiger partial charge on any atom is -0.388 e. The molecule has 0 saturated carbocycles. The van der Waals surface area contributed by atoms with E-state index < -0.39 is 17.9 Å². The zero-order chi connectivity index (χ0) is 19.9. The number of aliphatic hydroxyl groups excluding tert-OH is 1. The van der Waals surface area contributed by atoms with E-state index in [1.54, 1.807) is 18.2 Å². The van der Waals surface area contributed by atoms with Crippen LogP contribution in [0.1, 0.15) is 23.7 Å². The highest BCUT2D eigenvalue weighted by Gasteiger charge is 2.15. The smallest absolute Gasteiger partial charge is 0.309 e. The van der Waals surface area contributed by atoms with Gasteiger partial charge in [-0.1, -0.05) is 72.3 Å². The summed E-state index contributed by atoms with van der Waals surface area (Å²) in [5.74, 6) is -1.48. The van der Waals surface area contributed by atoms with Gasteiger partial charge in [0, 0.05) is 18.1 Å². The van der Waals surface area contributed by atoms with Crippen molar-refractivity contribution in [1.82, 2.24) is 10.6 Å². The summed E-state index contributed by atoms with van der Waals surface area (Å²) in [5.41, 5.74) is 1.53. The average Bonchev–Trinajstić information content (AvgIpc) is 2.72. The van der Waals surface area contributed by atoms with Crippen molar-refractivity contribution in [3.63, 3.8) is 0 Å². The molecular formula is C22H21ClN2O3. The van der Waals surface area contributed by atoms with Gasteiger partial charge < -0.3 is 15.7 Å². The minimum atomic E-state index is -0.739. The first-order chi connectivity index (χ1) is 13.6. The minimum absolute atomic E-state index is 0.171. The standard InChI is InChI=1S/C22H21ClN2O3/c23-19-11-4-2-7-16(19)14-25-22(28)21(27)24-13-12-20(26)18-10-5-8-15-6-1-3-9-17(15)18/h1-11,20,26H,12-14H2,(H,24,27)(H,25,28). The second kappa shape index (κ2) is 9.35. The fourth-order valence-corrected chi connectivity index (χ4v) is 3.20. The molecule has 0 fully saturated rings. The number of benzene rings is 3. The first-order valence-corrected chi connectivity index (χ1v) is 9.39. The molecule has 6 heteroatoms. The van der Waals surface area contributed by atoms with E-state index in [-0.39, 0.29) is 13.1 Å². The van der Waals surface area contributed by atoms with Crippen LogP contribution < -0.4 is 10.6 Å². The van der Waals surface area contributed by atoms with E-state index in [4.69, 9.17) is 11.6 Å². The fourth-order valence-electron chi connectivity index (χ4n) is 3.00. The molecular weight excluding hydrogens is 376 g/mol. The second-order valence-electron chi connectivity index (χ2n) is 6.40. The lowest BCUT2D eigenvalue weighted by molar-refractivity contribution is -0.139. The summed E-state index contributed by atoms with van der Waals surface area (Å²) in [7, 11) is 0. The van der Waals surface area contributed by atoms with Crippen LogP contribution >= 0.6 is 11.6 Å². The Kier molecular flexibility index (Phi) is 6.63. The molecule has 0 heterocycles. The molecule has 3 aromatic carbocycles. The van der Waals surface area contributed by atoms with Gasteiger partial charge in [-0.15, -0.1) is 0 Å². The predicted octanol–water partition coefficient (Wildman–Crippen LogP) is 3.35. The lowest BCUT2D eigenvalue weighted by atomic mass is 9.99. The topological polar surface area (TPSA) is 78.4 Å². The van der Waals surface area contributed by atoms with E-state index >= 15 is 0 Å². The monoisotopic (exact) mass is 396 g/mol. The number of hydrogen-bond donors (Lipinski definition) is 3. The normalized spacial score (nSPS) is 11.8. The maximum Gasteiger partial charge on any atom is 0.309 e. The van der Waals surface area contributed by atoms with Crippen LogP contribution in [0.4, 0.5) is 0 Å². The molecule has 1 atom stereocenters. The maximum atomic E-state index is 11.9. The van der Waals surface area contributed by atoms with Crippen molar-refractivity contribution in [3.05, 3.63) is 82.9 Å². The third kappa shape index (κ3) is 4.88. The quantitative estimate of drug-likeness (QED) is 0.559. The van der Waals surface area contributed by atoms with E-state index in [2.05, 4.69) is 10.6 Å². The Balaban J connectivity index is 1.49. The van der Waals surface area contributed by atoms with Crippen LogP contribution in [0.25, 0.3) is 10.8 Å². The lowest BCUT2D eigenvalue weighted by Gasteiger charge is -2.14. The van der Waals surface area contributed by atoms with Crippen molar-refractivity contribution in [2.45, 2.75) is 19.1 Å². The van der Waals surface area contributed by atoms with Crippen LogP contribution in [0.2, 0.25) is 5.02 Å². The van der Waals surface area contributed by atoms with Crippen LogP contribution in [0.3, 0.4) is 0 Å². The summed E-state index contributed by atoms with van der Waals surface area (Å²) in [5, 5.41) is 18.1. The van der Waals surface area contributed by atoms with Gasteiger partial charge in [-0.05, 0) is 34.4 Å². The SMILES string of the molecule is O=C(NCCC(O)c1cccc2ccccc12)C(=O)NCc1ccccc1Cl. The van der Waals surface area contributed by atoms with Gasteiger partial charge >= 0.3 is 11.8 Å². The second-order valence-corrected chi connectivity index (χ2v) is 6.81.